The molecule has 4 heteroatoms. The number of aromatic nitrogens is 1. The van der Waals surface area contributed by atoms with Crippen LogP contribution in [0.3, 0.4) is 0 Å². The van der Waals surface area contributed by atoms with Crippen molar-refractivity contribution in [1.29, 1.82) is 0 Å². The van der Waals surface area contributed by atoms with Crippen LogP contribution in [0.1, 0.15) is 53.4 Å². The molecular formula is C20H28N2O2. The Morgan fingerprint density at radius 1 is 1.25 bits per heavy atom. The minimum Gasteiger partial charge on any atom is -0.376 e. The van der Waals surface area contributed by atoms with Crippen LogP contribution in [0, 0.1) is 20.8 Å². The summed E-state index contributed by atoms with van der Waals surface area (Å²) in [5, 5.41) is 1.18. The van der Waals surface area contributed by atoms with E-state index < -0.39 is 0 Å². The molecule has 4 nitrogen and oxygen atoms in total. The van der Waals surface area contributed by atoms with Gasteiger partial charge in [0.05, 0.1) is 6.10 Å². The van der Waals surface area contributed by atoms with E-state index in [0.29, 0.717) is 13.1 Å². The molecule has 1 saturated heterocycles. The predicted octanol–water partition coefficient (Wildman–Crippen LogP) is 4.12. The molecule has 1 N–H and O–H groups in total. The zero-order valence-corrected chi connectivity index (χ0v) is 15.2. The SMILES string of the molecule is CCN(C[C@H]1CCCCO1)C(=O)c1[nH]c2c(C)ccc(C)c2c1C. The minimum absolute atomic E-state index is 0.0826. The van der Waals surface area contributed by atoms with E-state index in [-0.39, 0.29) is 12.0 Å². The van der Waals surface area contributed by atoms with Crippen LogP contribution in [-0.4, -0.2) is 41.6 Å². The standard InChI is InChI=1S/C20H28N2O2/c1-5-22(12-16-8-6-7-11-24-16)20(23)19-15(4)17-13(2)9-10-14(3)18(17)21-19/h9-10,16,21H,5-8,11-12H2,1-4H3/t16-/m1/s1. The first-order valence-electron chi connectivity index (χ1n) is 9.02. The molecule has 0 bridgehead atoms. The summed E-state index contributed by atoms with van der Waals surface area (Å²) in [5.74, 6) is 0.0826. The van der Waals surface area contributed by atoms with Crippen LogP contribution in [0.25, 0.3) is 10.9 Å². The summed E-state index contributed by atoms with van der Waals surface area (Å²) in [6, 6.07) is 4.23. The van der Waals surface area contributed by atoms with Crippen LogP contribution in [0.2, 0.25) is 0 Å². The van der Waals surface area contributed by atoms with Crippen molar-refractivity contribution < 1.29 is 9.53 Å². The van der Waals surface area contributed by atoms with Crippen LogP contribution < -0.4 is 0 Å². The van der Waals surface area contributed by atoms with Crippen LogP contribution in [0.5, 0.6) is 0 Å². The van der Waals surface area contributed by atoms with Gasteiger partial charge in [0.2, 0.25) is 0 Å². The van der Waals surface area contributed by atoms with Crippen molar-refractivity contribution in [2.45, 2.75) is 53.1 Å². The molecule has 1 atom stereocenters. The van der Waals surface area contributed by atoms with Gasteiger partial charge in [-0.1, -0.05) is 12.1 Å². The van der Waals surface area contributed by atoms with E-state index in [0.717, 1.165) is 36.2 Å². The molecule has 1 aliphatic heterocycles. The van der Waals surface area contributed by atoms with Gasteiger partial charge in [0.15, 0.2) is 0 Å². The van der Waals surface area contributed by atoms with Crippen molar-refractivity contribution in [2.75, 3.05) is 19.7 Å². The highest BCUT2D eigenvalue weighted by molar-refractivity contribution is 6.02. The van der Waals surface area contributed by atoms with Crippen LogP contribution in [0.4, 0.5) is 0 Å². The number of aromatic amines is 1. The monoisotopic (exact) mass is 328 g/mol. The van der Waals surface area contributed by atoms with Crippen molar-refractivity contribution in [1.82, 2.24) is 9.88 Å². The molecule has 1 fully saturated rings. The van der Waals surface area contributed by atoms with Crippen molar-refractivity contribution in [3.8, 4) is 0 Å². The van der Waals surface area contributed by atoms with E-state index in [9.17, 15) is 4.79 Å². The van der Waals surface area contributed by atoms with Gasteiger partial charge in [-0.05, 0) is 63.6 Å². The summed E-state index contributed by atoms with van der Waals surface area (Å²) >= 11 is 0. The van der Waals surface area contributed by atoms with Crippen LogP contribution >= 0.6 is 0 Å². The molecule has 130 valence electrons. The van der Waals surface area contributed by atoms with Gasteiger partial charge in [-0.2, -0.15) is 0 Å². The summed E-state index contributed by atoms with van der Waals surface area (Å²) < 4.78 is 5.82. The molecule has 1 aromatic heterocycles. The molecule has 1 aromatic carbocycles. The minimum atomic E-state index is 0.0826. The Bertz CT molecular complexity index is 742. The van der Waals surface area contributed by atoms with E-state index in [1.165, 1.54) is 22.9 Å². The number of fused-ring (bicyclic) bond motifs is 1. The third-order valence-electron chi connectivity index (χ3n) is 5.20. The van der Waals surface area contributed by atoms with Crippen molar-refractivity contribution in [3.05, 3.63) is 34.5 Å². The first-order valence-corrected chi connectivity index (χ1v) is 9.02. The lowest BCUT2D eigenvalue weighted by molar-refractivity contribution is -0.00322. The van der Waals surface area contributed by atoms with Gasteiger partial charge in [-0.25, -0.2) is 0 Å². The molecule has 3 rings (SSSR count). The predicted molar refractivity (Wildman–Crippen MR) is 97.7 cm³/mol. The molecule has 24 heavy (non-hydrogen) atoms. The van der Waals surface area contributed by atoms with Crippen molar-refractivity contribution in [2.24, 2.45) is 0 Å². The Kier molecular flexibility index (Phi) is 4.95. The highest BCUT2D eigenvalue weighted by Gasteiger charge is 2.24. The maximum atomic E-state index is 13.1. The van der Waals surface area contributed by atoms with Crippen molar-refractivity contribution in [3.63, 3.8) is 0 Å². The molecule has 1 amide bonds. The van der Waals surface area contributed by atoms with E-state index >= 15 is 0 Å². The Hall–Kier alpha value is -1.81. The molecule has 2 heterocycles. The molecule has 0 saturated carbocycles. The molecule has 1 aliphatic rings. The van der Waals surface area contributed by atoms with Gasteiger partial charge < -0.3 is 14.6 Å². The number of nitrogens with zero attached hydrogens (tertiary/aromatic N) is 1. The second-order valence-electron chi connectivity index (χ2n) is 6.91. The third-order valence-corrected chi connectivity index (χ3v) is 5.20. The molecule has 0 aliphatic carbocycles. The number of carbonyl (C=O) groups excluding carboxylic acids is 1. The Morgan fingerprint density at radius 2 is 2.00 bits per heavy atom. The average Bonchev–Trinajstić information content (AvgIpc) is 2.95. The Morgan fingerprint density at radius 3 is 2.62 bits per heavy atom. The molecule has 0 radical (unpaired) electrons. The van der Waals surface area contributed by atoms with Gasteiger partial charge >= 0.3 is 0 Å². The van der Waals surface area contributed by atoms with E-state index in [1.54, 1.807) is 0 Å². The fraction of sp³-hybridized carbons (Fsp3) is 0.550. The second kappa shape index (κ2) is 6.98. The number of amides is 1. The highest BCUT2D eigenvalue weighted by atomic mass is 16.5. The smallest absolute Gasteiger partial charge is 0.270 e. The molecule has 2 aromatic rings. The van der Waals surface area contributed by atoms with Gasteiger partial charge in [-0.3, -0.25) is 4.79 Å². The zero-order valence-electron chi connectivity index (χ0n) is 15.2. The normalized spacial score (nSPS) is 18.1. The summed E-state index contributed by atoms with van der Waals surface area (Å²) in [6.45, 7) is 10.5. The topological polar surface area (TPSA) is 45.3 Å². The second-order valence-corrected chi connectivity index (χ2v) is 6.91. The maximum Gasteiger partial charge on any atom is 0.270 e. The summed E-state index contributed by atoms with van der Waals surface area (Å²) in [5.41, 5.74) is 5.25. The average molecular weight is 328 g/mol. The third kappa shape index (κ3) is 3.07. The quantitative estimate of drug-likeness (QED) is 0.917. The van der Waals surface area contributed by atoms with Crippen LogP contribution in [-0.2, 0) is 4.74 Å². The van der Waals surface area contributed by atoms with E-state index in [1.807, 2.05) is 18.7 Å². The number of hydrogen-bond acceptors (Lipinski definition) is 2. The number of hydrogen-bond donors (Lipinski definition) is 1. The number of likely N-dealkylation sites (N-methyl/N-ethyl adjacent to an activating group) is 1. The maximum absolute atomic E-state index is 13.1. The molecular weight excluding hydrogens is 300 g/mol. The number of rotatable bonds is 4. The van der Waals surface area contributed by atoms with Gasteiger partial charge in [0.25, 0.3) is 5.91 Å². The number of carbonyl (C=O) groups is 1. The van der Waals surface area contributed by atoms with Crippen LogP contribution in [0.15, 0.2) is 12.1 Å². The van der Waals surface area contributed by atoms with Gasteiger partial charge in [0.1, 0.15) is 5.69 Å². The first-order chi connectivity index (χ1) is 11.5. The van der Waals surface area contributed by atoms with Gasteiger partial charge in [-0.15, -0.1) is 0 Å². The fourth-order valence-electron chi connectivity index (χ4n) is 3.72. The number of aryl methyl sites for hydroxylation is 3. The zero-order chi connectivity index (χ0) is 17.3. The number of H-pyrrole nitrogens is 1. The van der Waals surface area contributed by atoms with E-state index in [2.05, 4.69) is 31.0 Å². The first kappa shape index (κ1) is 17.0. The number of ether oxygens (including phenoxy) is 1. The Balaban J connectivity index is 1.90. The fourth-order valence-corrected chi connectivity index (χ4v) is 3.72. The lowest BCUT2D eigenvalue weighted by Gasteiger charge is -2.29. The molecule has 0 unspecified atom stereocenters. The summed E-state index contributed by atoms with van der Waals surface area (Å²) in [7, 11) is 0. The highest BCUT2D eigenvalue weighted by Crippen LogP contribution is 2.28. The summed E-state index contributed by atoms with van der Waals surface area (Å²) in [6.07, 6.45) is 3.56. The molecule has 0 spiro atoms. The van der Waals surface area contributed by atoms with E-state index in [4.69, 9.17) is 4.74 Å². The largest absolute Gasteiger partial charge is 0.376 e. The summed E-state index contributed by atoms with van der Waals surface area (Å²) in [4.78, 5) is 18.4. The lowest BCUT2D eigenvalue weighted by atomic mass is 10.0. The number of benzene rings is 1. The Labute approximate surface area is 144 Å². The number of nitrogens with one attached hydrogen (secondary N) is 1. The van der Waals surface area contributed by atoms with Crippen molar-refractivity contribution >= 4 is 16.8 Å². The lowest BCUT2D eigenvalue weighted by Crippen LogP contribution is -2.40. The van der Waals surface area contributed by atoms with Gasteiger partial charge in [0, 0.05) is 30.6 Å².